The van der Waals surface area contributed by atoms with E-state index in [0.29, 0.717) is 5.92 Å². The quantitative estimate of drug-likeness (QED) is 0.593. The van der Waals surface area contributed by atoms with Crippen molar-refractivity contribution in [1.29, 1.82) is 0 Å². The van der Waals surface area contributed by atoms with Crippen LogP contribution in [0.15, 0.2) is 24.4 Å². The predicted octanol–water partition coefficient (Wildman–Crippen LogP) is 3.49. The molecule has 0 spiro atoms. The van der Waals surface area contributed by atoms with Crippen molar-refractivity contribution in [2.75, 3.05) is 6.54 Å². The molecule has 76 valence electrons. The Bertz CT molecular complexity index is 170. The number of nitrogens with one attached hydrogen (secondary N) is 1. The van der Waals surface area contributed by atoms with Crippen molar-refractivity contribution in [2.45, 2.75) is 40.0 Å². The summed E-state index contributed by atoms with van der Waals surface area (Å²) in [6.45, 7) is 15.3. The van der Waals surface area contributed by atoms with Gasteiger partial charge in [-0.3, -0.25) is 0 Å². The van der Waals surface area contributed by atoms with Crippen molar-refractivity contribution in [2.24, 2.45) is 5.92 Å². The third kappa shape index (κ3) is 6.44. The van der Waals surface area contributed by atoms with Gasteiger partial charge in [0.05, 0.1) is 0 Å². The molecule has 0 aliphatic heterocycles. The van der Waals surface area contributed by atoms with Gasteiger partial charge in [-0.25, -0.2) is 0 Å². The molecule has 0 saturated heterocycles. The molecule has 0 aliphatic rings. The zero-order valence-electron chi connectivity index (χ0n) is 9.32. The molecule has 0 heterocycles. The van der Waals surface area contributed by atoms with Crippen LogP contribution in [0.5, 0.6) is 0 Å². The van der Waals surface area contributed by atoms with Crippen LogP contribution >= 0.6 is 0 Å². The van der Waals surface area contributed by atoms with Crippen LogP contribution in [0.25, 0.3) is 0 Å². The number of hydrogen-bond donors (Lipinski definition) is 1. The normalized spacial score (nSPS) is 12.2. The maximum atomic E-state index is 4.09. The first kappa shape index (κ1) is 12.3. The lowest BCUT2D eigenvalue weighted by molar-refractivity contribution is 0.566. The zero-order chi connectivity index (χ0) is 10.3. The fraction of sp³-hybridized carbons (Fsp3) is 0.667. The van der Waals surface area contributed by atoms with E-state index in [1.54, 1.807) is 0 Å². The van der Waals surface area contributed by atoms with Gasteiger partial charge in [0, 0.05) is 12.2 Å². The molecule has 0 aliphatic carbocycles. The molecule has 13 heavy (non-hydrogen) atoms. The van der Waals surface area contributed by atoms with Crippen LogP contribution in [-0.2, 0) is 0 Å². The summed E-state index contributed by atoms with van der Waals surface area (Å²) in [4.78, 5) is 0. The molecule has 1 N–H and O–H groups in total. The van der Waals surface area contributed by atoms with E-state index in [-0.39, 0.29) is 0 Å². The van der Waals surface area contributed by atoms with E-state index < -0.39 is 0 Å². The highest BCUT2D eigenvalue weighted by Crippen LogP contribution is 2.16. The van der Waals surface area contributed by atoms with E-state index in [1.807, 2.05) is 6.92 Å². The monoisotopic (exact) mass is 181 g/mol. The van der Waals surface area contributed by atoms with Crippen molar-refractivity contribution in [3.63, 3.8) is 0 Å². The first-order valence-corrected chi connectivity index (χ1v) is 5.15. The highest BCUT2D eigenvalue weighted by Gasteiger charge is 2.04. The Kier molecular flexibility index (Phi) is 6.38. The largest absolute Gasteiger partial charge is 0.389 e. The Hall–Kier alpha value is -0.720. The van der Waals surface area contributed by atoms with Crippen LogP contribution in [0, 0.1) is 5.92 Å². The summed E-state index contributed by atoms with van der Waals surface area (Å²) in [6, 6.07) is 0. The molecule has 0 aromatic heterocycles. The molecular formula is C12H23N. The Morgan fingerprint density at radius 1 is 1.38 bits per heavy atom. The van der Waals surface area contributed by atoms with Gasteiger partial charge in [-0.15, -0.1) is 0 Å². The Morgan fingerprint density at radius 2 is 2.00 bits per heavy atom. The summed E-state index contributed by atoms with van der Waals surface area (Å²) in [7, 11) is 0. The molecule has 0 saturated carbocycles. The first-order chi connectivity index (χ1) is 6.07. The lowest BCUT2D eigenvalue weighted by Gasteiger charge is -2.14. The smallest absolute Gasteiger partial charge is 0.0149 e. The summed E-state index contributed by atoms with van der Waals surface area (Å²) >= 11 is 0. The molecular weight excluding hydrogens is 158 g/mol. The number of allylic oxidation sites excluding steroid dienone is 2. The molecule has 0 aromatic carbocycles. The van der Waals surface area contributed by atoms with Gasteiger partial charge in [0.2, 0.25) is 0 Å². The predicted molar refractivity (Wildman–Crippen MR) is 60.6 cm³/mol. The lowest BCUT2D eigenvalue weighted by Crippen LogP contribution is -2.15. The molecule has 0 radical (unpaired) electrons. The Morgan fingerprint density at radius 3 is 2.46 bits per heavy atom. The molecule has 0 bridgehead atoms. The van der Waals surface area contributed by atoms with Gasteiger partial charge in [-0.1, -0.05) is 39.0 Å². The van der Waals surface area contributed by atoms with Crippen molar-refractivity contribution in [3.05, 3.63) is 24.4 Å². The SMILES string of the molecule is C=C(C)NCCC(C)C(=C)CCC. The van der Waals surface area contributed by atoms with Crippen LogP contribution < -0.4 is 5.32 Å². The van der Waals surface area contributed by atoms with Crippen LogP contribution in [0.2, 0.25) is 0 Å². The Labute approximate surface area is 82.9 Å². The summed E-state index contributed by atoms with van der Waals surface area (Å²) < 4.78 is 0. The van der Waals surface area contributed by atoms with Crippen LogP contribution in [0.4, 0.5) is 0 Å². The number of hydrogen-bond acceptors (Lipinski definition) is 1. The molecule has 1 nitrogen and oxygen atoms in total. The van der Waals surface area contributed by atoms with Crippen molar-refractivity contribution < 1.29 is 0 Å². The summed E-state index contributed by atoms with van der Waals surface area (Å²) in [5, 5.41) is 3.24. The standard InChI is InChI=1S/C12H23N/c1-6-7-11(4)12(5)8-9-13-10(2)3/h12-13H,2,4,6-9H2,1,3,5H3. The molecule has 1 atom stereocenters. The topological polar surface area (TPSA) is 12.0 Å². The fourth-order valence-electron chi connectivity index (χ4n) is 1.27. The molecule has 1 heteroatoms. The van der Waals surface area contributed by atoms with Crippen LogP contribution in [0.3, 0.4) is 0 Å². The molecule has 0 aromatic rings. The minimum atomic E-state index is 0.631. The number of rotatable bonds is 7. The lowest BCUT2D eigenvalue weighted by atomic mass is 9.95. The van der Waals surface area contributed by atoms with Crippen molar-refractivity contribution in [1.82, 2.24) is 5.32 Å². The van der Waals surface area contributed by atoms with E-state index in [2.05, 4.69) is 32.3 Å². The minimum absolute atomic E-state index is 0.631. The van der Waals surface area contributed by atoms with Crippen molar-refractivity contribution >= 4 is 0 Å². The maximum absolute atomic E-state index is 4.09. The molecule has 0 amide bonds. The summed E-state index contributed by atoms with van der Waals surface area (Å²) in [5.41, 5.74) is 2.43. The van der Waals surface area contributed by atoms with Gasteiger partial charge in [0.15, 0.2) is 0 Å². The molecule has 1 unspecified atom stereocenters. The van der Waals surface area contributed by atoms with Gasteiger partial charge < -0.3 is 5.32 Å². The fourth-order valence-corrected chi connectivity index (χ4v) is 1.27. The van der Waals surface area contributed by atoms with E-state index in [9.17, 15) is 0 Å². The van der Waals surface area contributed by atoms with Gasteiger partial charge in [-0.05, 0) is 25.7 Å². The third-order valence-corrected chi connectivity index (χ3v) is 2.27. The van der Waals surface area contributed by atoms with Gasteiger partial charge in [-0.2, -0.15) is 0 Å². The zero-order valence-corrected chi connectivity index (χ0v) is 9.32. The average Bonchev–Trinajstić information content (AvgIpc) is 2.04. The summed E-state index contributed by atoms with van der Waals surface area (Å²) in [5.74, 6) is 0.631. The van der Waals surface area contributed by atoms with E-state index in [0.717, 1.165) is 25.1 Å². The van der Waals surface area contributed by atoms with Gasteiger partial charge in [0.1, 0.15) is 0 Å². The minimum Gasteiger partial charge on any atom is -0.389 e. The highest BCUT2D eigenvalue weighted by atomic mass is 14.9. The average molecular weight is 181 g/mol. The van der Waals surface area contributed by atoms with E-state index in [4.69, 9.17) is 0 Å². The maximum Gasteiger partial charge on any atom is 0.0149 e. The van der Waals surface area contributed by atoms with Crippen LogP contribution in [-0.4, -0.2) is 6.54 Å². The molecule has 0 fully saturated rings. The Balaban J connectivity index is 3.55. The van der Waals surface area contributed by atoms with Crippen LogP contribution in [0.1, 0.15) is 40.0 Å². The third-order valence-electron chi connectivity index (χ3n) is 2.27. The van der Waals surface area contributed by atoms with Gasteiger partial charge >= 0.3 is 0 Å². The van der Waals surface area contributed by atoms with E-state index in [1.165, 1.54) is 12.0 Å². The second-order valence-electron chi connectivity index (χ2n) is 3.81. The second-order valence-corrected chi connectivity index (χ2v) is 3.81. The summed E-state index contributed by atoms with van der Waals surface area (Å²) in [6.07, 6.45) is 3.52. The van der Waals surface area contributed by atoms with E-state index >= 15 is 0 Å². The van der Waals surface area contributed by atoms with Crippen molar-refractivity contribution in [3.8, 4) is 0 Å². The first-order valence-electron chi connectivity index (χ1n) is 5.15. The highest BCUT2D eigenvalue weighted by molar-refractivity contribution is 4.99. The second kappa shape index (κ2) is 6.76. The van der Waals surface area contributed by atoms with Gasteiger partial charge in [0.25, 0.3) is 0 Å². The molecule has 0 rings (SSSR count).